The average molecular weight is 244 g/mol. The highest BCUT2D eigenvalue weighted by Gasteiger charge is 2.13. The average Bonchev–Trinajstić information content (AvgIpc) is 2.77. The van der Waals surface area contributed by atoms with E-state index in [1.54, 1.807) is 11.0 Å². The maximum atomic E-state index is 5.49. The van der Waals surface area contributed by atoms with Gasteiger partial charge < -0.3 is 5.73 Å². The van der Waals surface area contributed by atoms with Crippen LogP contribution >= 0.6 is 0 Å². The van der Waals surface area contributed by atoms with Gasteiger partial charge in [0.25, 0.3) is 0 Å². The van der Waals surface area contributed by atoms with Crippen LogP contribution in [0.1, 0.15) is 26.3 Å². The first-order valence-electron chi connectivity index (χ1n) is 6.21. The molecule has 0 spiro atoms. The van der Waals surface area contributed by atoms with Gasteiger partial charge in [-0.05, 0) is 11.0 Å². The van der Waals surface area contributed by atoms with Gasteiger partial charge in [0.05, 0.1) is 6.54 Å². The number of nitrogens with two attached hydrogens (primary N) is 1. The van der Waals surface area contributed by atoms with E-state index in [1.807, 2.05) is 0 Å². The SMILES string of the molecule is CC(C)(C)c1ccc(-c2ncn(CCN)n2)cc1. The maximum absolute atomic E-state index is 5.49. The van der Waals surface area contributed by atoms with Crippen LogP contribution in [0.15, 0.2) is 30.6 Å². The zero-order chi connectivity index (χ0) is 13.2. The fourth-order valence-corrected chi connectivity index (χ4v) is 1.79. The first-order valence-corrected chi connectivity index (χ1v) is 6.21. The summed E-state index contributed by atoms with van der Waals surface area (Å²) in [5, 5.41) is 4.39. The number of aromatic nitrogens is 3. The second-order valence-corrected chi connectivity index (χ2v) is 5.45. The van der Waals surface area contributed by atoms with Crippen LogP contribution < -0.4 is 5.73 Å². The van der Waals surface area contributed by atoms with Crippen LogP contribution in [0.4, 0.5) is 0 Å². The quantitative estimate of drug-likeness (QED) is 0.900. The Kier molecular flexibility index (Phi) is 3.48. The van der Waals surface area contributed by atoms with Gasteiger partial charge in [-0.15, -0.1) is 0 Å². The first kappa shape index (κ1) is 12.8. The van der Waals surface area contributed by atoms with Crippen LogP contribution in [0.3, 0.4) is 0 Å². The van der Waals surface area contributed by atoms with Gasteiger partial charge in [-0.2, -0.15) is 5.10 Å². The smallest absolute Gasteiger partial charge is 0.181 e. The van der Waals surface area contributed by atoms with Crippen molar-refractivity contribution in [1.29, 1.82) is 0 Å². The topological polar surface area (TPSA) is 56.7 Å². The summed E-state index contributed by atoms with van der Waals surface area (Å²) in [6.07, 6.45) is 1.72. The molecular weight excluding hydrogens is 224 g/mol. The molecule has 2 aromatic rings. The third-order valence-corrected chi connectivity index (χ3v) is 2.90. The third kappa shape index (κ3) is 2.76. The van der Waals surface area contributed by atoms with Gasteiger partial charge in [0.1, 0.15) is 6.33 Å². The Morgan fingerprint density at radius 1 is 1.17 bits per heavy atom. The van der Waals surface area contributed by atoms with E-state index in [9.17, 15) is 0 Å². The summed E-state index contributed by atoms with van der Waals surface area (Å²) in [4.78, 5) is 4.29. The number of rotatable bonds is 3. The molecule has 0 saturated carbocycles. The molecule has 2 rings (SSSR count). The van der Waals surface area contributed by atoms with E-state index in [2.05, 4.69) is 55.1 Å². The zero-order valence-electron chi connectivity index (χ0n) is 11.2. The summed E-state index contributed by atoms with van der Waals surface area (Å²) in [5.74, 6) is 0.754. The molecule has 2 N–H and O–H groups in total. The van der Waals surface area contributed by atoms with Crippen molar-refractivity contribution >= 4 is 0 Å². The predicted molar refractivity (Wildman–Crippen MR) is 73.2 cm³/mol. The molecule has 1 aromatic heterocycles. The Labute approximate surface area is 108 Å². The number of benzene rings is 1. The van der Waals surface area contributed by atoms with Crippen LogP contribution in [0.2, 0.25) is 0 Å². The summed E-state index contributed by atoms with van der Waals surface area (Å²) in [6.45, 7) is 7.89. The number of hydrogen-bond acceptors (Lipinski definition) is 3. The lowest BCUT2D eigenvalue weighted by atomic mass is 9.87. The lowest BCUT2D eigenvalue weighted by molar-refractivity contribution is 0.590. The fourth-order valence-electron chi connectivity index (χ4n) is 1.79. The Hall–Kier alpha value is -1.68. The molecular formula is C14H20N4. The largest absolute Gasteiger partial charge is 0.329 e. The Morgan fingerprint density at radius 2 is 1.83 bits per heavy atom. The first-order chi connectivity index (χ1) is 8.50. The highest BCUT2D eigenvalue weighted by atomic mass is 15.3. The predicted octanol–water partition coefficient (Wildman–Crippen LogP) is 2.20. The molecule has 0 saturated heterocycles. The summed E-state index contributed by atoms with van der Waals surface area (Å²) < 4.78 is 1.77. The van der Waals surface area contributed by atoms with Crippen molar-refractivity contribution in [2.45, 2.75) is 32.7 Å². The highest BCUT2D eigenvalue weighted by molar-refractivity contribution is 5.55. The molecule has 4 heteroatoms. The molecule has 1 aromatic carbocycles. The lowest BCUT2D eigenvalue weighted by Gasteiger charge is -2.18. The van der Waals surface area contributed by atoms with Gasteiger partial charge in [0.2, 0.25) is 0 Å². The molecule has 0 atom stereocenters. The van der Waals surface area contributed by atoms with E-state index in [-0.39, 0.29) is 5.41 Å². The van der Waals surface area contributed by atoms with E-state index in [1.165, 1.54) is 5.56 Å². The van der Waals surface area contributed by atoms with E-state index in [0.717, 1.165) is 11.4 Å². The summed E-state index contributed by atoms with van der Waals surface area (Å²) >= 11 is 0. The molecule has 0 aliphatic carbocycles. The van der Waals surface area contributed by atoms with Crippen molar-refractivity contribution in [2.75, 3.05) is 6.54 Å². The molecule has 0 bridgehead atoms. The minimum absolute atomic E-state index is 0.171. The van der Waals surface area contributed by atoms with E-state index in [4.69, 9.17) is 5.73 Å². The Morgan fingerprint density at radius 3 is 2.39 bits per heavy atom. The third-order valence-electron chi connectivity index (χ3n) is 2.90. The fraction of sp³-hybridized carbons (Fsp3) is 0.429. The molecule has 1 heterocycles. The molecule has 96 valence electrons. The van der Waals surface area contributed by atoms with Gasteiger partial charge in [-0.1, -0.05) is 45.0 Å². The van der Waals surface area contributed by atoms with E-state index >= 15 is 0 Å². The standard InChI is InChI=1S/C14H20N4/c1-14(2,3)12-6-4-11(5-7-12)13-16-10-18(17-13)9-8-15/h4-7,10H,8-9,15H2,1-3H3. The molecule has 0 fully saturated rings. The van der Waals surface area contributed by atoms with Crippen molar-refractivity contribution < 1.29 is 0 Å². The van der Waals surface area contributed by atoms with E-state index < -0.39 is 0 Å². The van der Waals surface area contributed by atoms with Crippen LogP contribution in [0.25, 0.3) is 11.4 Å². The number of nitrogens with zero attached hydrogens (tertiary/aromatic N) is 3. The molecule has 18 heavy (non-hydrogen) atoms. The van der Waals surface area contributed by atoms with Crippen molar-refractivity contribution in [3.63, 3.8) is 0 Å². The van der Waals surface area contributed by atoms with E-state index in [0.29, 0.717) is 13.1 Å². The van der Waals surface area contributed by atoms with Crippen LogP contribution in [0, 0.1) is 0 Å². The normalized spacial score (nSPS) is 11.8. The molecule has 4 nitrogen and oxygen atoms in total. The minimum atomic E-state index is 0.171. The number of hydrogen-bond donors (Lipinski definition) is 1. The molecule has 0 amide bonds. The van der Waals surface area contributed by atoms with Crippen molar-refractivity contribution in [3.8, 4) is 11.4 Å². The van der Waals surface area contributed by atoms with Crippen LogP contribution in [-0.4, -0.2) is 21.3 Å². The van der Waals surface area contributed by atoms with Crippen LogP contribution in [0.5, 0.6) is 0 Å². The second-order valence-electron chi connectivity index (χ2n) is 5.45. The molecule has 0 unspecified atom stereocenters. The molecule has 0 aliphatic rings. The van der Waals surface area contributed by atoms with Gasteiger partial charge in [-0.3, -0.25) is 4.68 Å². The second kappa shape index (κ2) is 4.90. The zero-order valence-corrected chi connectivity index (χ0v) is 11.2. The van der Waals surface area contributed by atoms with Crippen molar-refractivity contribution in [1.82, 2.24) is 14.8 Å². The lowest BCUT2D eigenvalue weighted by Crippen LogP contribution is -2.10. The summed E-state index contributed by atoms with van der Waals surface area (Å²) in [7, 11) is 0. The summed E-state index contributed by atoms with van der Waals surface area (Å²) in [5.41, 5.74) is 8.01. The minimum Gasteiger partial charge on any atom is -0.329 e. The van der Waals surface area contributed by atoms with Gasteiger partial charge in [-0.25, -0.2) is 4.98 Å². The van der Waals surface area contributed by atoms with Crippen molar-refractivity contribution in [2.24, 2.45) is 5.73 Å². The molecule has 0 aliphatic heterocycles. The molecule has 0 radical (unpaired) electrons. The van der Waals surface area contributed by atoms with Crippen LogP contribution in [-0.2, 0) is 12.0 Å². The Balaban J connectivity index is 2.23. The Bertz CT molecular complexity index is 505. The summed E-state index contributed by atoms with van der Waals surface area (Å²) in [6, 6.07) is 8.42. The maximum Gasteiger partial charge on any atom is 0.181 e. The van der Waals surface area contributed by atoms with Gasteiger partial charge >= 0.3 is 0 Å². The monoisotopic (exact) mass is 244 g/mol. The highest BCUT2D eigenvalue weighted by Crippen LogP contribution is 2.24. The van der Waals surface area contributed by atoms with Gasteiger partial charge in [0, 0.05) is 12.1 Å². The van der Waals surface area contributed by atoms with Crippen molar-refractivity contribution in [3.05, 3.63) is 36.2 Å². The van der Waals surface area contributed by atoms with Gasteiger partial charge in [0.15, 0.2) is 5.82 Å².